The normalized spacial score (nSPS) is 27.1. The van der Waals surface area contributed by atoms with Gasteiger partial charge in [-0.05, 0) is 13.5 Å². The number of likely N-dealkylation sites (N-methyl/N-ethyl adjacent to an activating group) is 1. The van der Waals surface area contributed by atoms with E-state index in [1.54, 1.807) is 0 Å². The molecule has 0 aliphatic carbocycles. The van der Waals surface area contributed by atoms with Crippen LogP contribution in [0.2, 0.25) is 0 Å². The molecule has 0 aromatic carbocycles. The van der Waals surface area contributed by atoms with Crippen LogP contribution in [0.1, 0.15) is 6.42 Å². The van der Waals surface area contributed by atoms with Crippen molar-refractivity contribution >= 4 is 12.1 Å². The lowest BCUT2D eigenvalue weighted by molar-refractivity contribution is -0.143. The van der Waals surface area contributed by atoms with Crippen molar-refractivity contribution in [1.82, 2.24) is 10.2 Å². The van der Waals surface area contributed by atoms with Gasteiger partial charge in [0.1, 0.15) is 0 Å². The number of carboxylic acids is 1. The zero-order valence-electron chi connectivity index (χ0n) is 8.90. The maximum absolute atomic E-state index is 11.0. The van der Waals surface area contributed by atoms with E-state index in [9.17, 15) is 9.59 Å². The lowest BCUT2D eigenvalue weighted by Crippen LogP contribution is -2.51. The van der Waals surface area contributed by atoms with Crippen molar-refractivity contribution in [3.63, 3.8) is 0 Å². The van der Waals surface area contributed by atoms with Crippen molar-refractivity contribution in [3.05, 3.63) is 0 Å². The molecule has 1 rings (SSSR count). The lowest BCUT2D eigenvalue weighted by atomic mass is 9.95. The number of hydrogen-bond donors (Lipinski definition) is 2. The average molecular weight is 216 g/mol. The van der Waals surface area contributed by atoms with Crippen LogP contribution in [0.4, 0.5) is 4.79 Å². The Hall–Kier alpha value is -1.30. The monoisotopic (exact) mass is 216 g/mol. The van der Waals surface area contributed by atoms with E-state index in [-0.39, 0.29) is 6.04 Å². The van der Waals surface area contributed by atoms with Crippen molar-refractivity contribution in [1.29, 1.82) is 0 Å². The van der Waals surface area contributed by atoms with Crippen LogP contribution in [0.15, 0.2) is 0 Å². The number of hydrogen-bond acceptors (Lipinski definition) is 4. The number of piperidine rings is 1. The van der Waals surface area contributed by atoms with E-state index >= 15 is 0 Å². The molecule has 1 amide bonds. The standard InChI is InChI=1S/C9H16N2O4/c1-11-4-6(8(12)13)3-7(5-11)10-9(14)15-2/h6-7H,3-5H2,1-2H3,(H,10,14)(H,12,13). The van der Waals surface area contributed by atoms with Gasteiger partial charge in [0, 0.05) is 19.1 Å². The number of nitrogens with one attached hydrogen (secondary N) is 1. The van der Waals surface area contributed by atoms with Gasteiger partial charge in [0.2, 0.25) is 0 Å². The molecule has 0 radical (unpaired) electrons. The summed E-state index contributed by atoms with van der Waals surface area (Å²) in [6.07, 6.45) is -0.0613. The molecule has 1 heterocycles. The molecule has 2 unspecified atom stereocenters. The lowest BCUT2D eigenvalue weighted by Gasteiger charge is -2.33. The minimum atomic E-state index is -0.821. The molecule has 1 fully saturated rings. The van der Waals surface area contributed by atoms with Gasteiger partial charge in [0.15, 0.2) is 0 Å². The minimum absolute atomic E-state index is 0.155. The molecular weight excluding hydrogens is 200 g/mol. The van der Waals surface area contributed by atoms with Crippen molar-refractivity contribution in [2.24, 2.45) is 5.92 Å². The molecule has 0 aromatic rings. The maximum Gasteiger partial charge on any atom is 0.407 e. The largest absolute Gasteiger partial charge is 0.481 e. The number of ether oxygens (including phenoxy) is 1. The number of nitrogens with zero attached hydrogens (tertiary/aromatic N) is 1. The first-order valence-electron chi connectivity index (χ1n) is 4.78. The number of rotatable bonds is 2. The third-order valence-corrected chi connectivity index (χ3v) is 2.49. The fraction of sp³-hybridized carbons (Fsp3) is 0.778. The summed E-state index contributed by atoms with van der Waals surface area (Å²) in [7, 11) is 3.12. The van der Waals surface area contributed by atoms with Gasteiger partial charge in [-0.15, -0.1) is 0 Å². The first-order valence-corrected chi connectivity index (χ1v) is 4.78. The second kappa shape index (κ2) is 4.97. The van der Waals surface area contributed by atoms with Crippen molar-refractivity contribution < 1.29 is 19.4 Å². The molecule has 86 valence electrons. The maximum atomic E-state index is 11.0. The van der Waals surface area contributed by atoms with E-state index in [1.165, 1.54) is 7.11 Å². The number of carbonyl (C=O) groups is 2. The molecule has 6 nitrogen and oxygen atoms in total. The Bertz CT molecular complexity index is 256. The van der Waals surface area contributed by atoms with Crippen LogP contribution in [0.25, 0.3) is 0 Å². The van der Waals surface area contributed by atoms with Crippen LogP contribution < -0.4 is 5.32 Å². The number of likely N-dealkylation sites (tertiary alicyclic amines) is 1. The smallest absolute Gasteiger partial charge is 0.407 e. The van der Waals surface area contributed by atoms with Gasteiger partial charge in [-0.2, -0.15) is 0 Å². The molecule has 15 heavy (non-hydrogen) atoms. The highest BCUT2D eigenvalue weighted by molar-refractivity contribution is 5.71. The fourth-order valence-corrected chi connectivity index (χ4v) is 1.83. The summed E-state index contributed by atoms with van der Waals surface area (Å²) < 4.78 is 4.47. The molecule has 0 aromatic heterocycles. The quantitative estimate of drug-likeness (QED) is 0.665. The Morgan fingerprint density at radius 2 is 2.13 bits per heavy atom. The second-order valence-corrected chi connectivity index (χ2v) is 3.82. The van der Waals surface area contributed by atoms with E-state index in [2.05, 4.69) is 10.1 Å². The Labute approximate surface area is 88.2 Å². The van der Waals surface area contributed by atoms with Gasteiger partial charge in [-0.3, -0.25) is 4.79 Å². The molecule has 1 aliphatic rings. The zero-order chi connectivity index (χ0) is 11.4. The van der Waals surface area contributed by atoms with Crippen molar-refractivity contribution in [3.8, 4) is 0 Å². The molecule has 6 heteroatoms. The van der Waals surface area contributed by atoms with E-state index in [4.69, 9.17) is 5.11 Å². The highest BCUT2D eigenvalue weighted by atomic mass is 16.5. The number of carboxylic acid groups (broad SMARTS) is 1. The molecule has 2 N–H and O–H groups in total. The van der Waals surface area contributed by atoms with Crippen LogP contribution >= 0.6 is 0 Å². The Morgan fingerprint density at radius 3 is 2.67 bits per heavy atom. The number of methoxy groups -OCH3 is 1. The van der Waals surface area contributed by atoms with Gasteiger partial charge in [0.25, 0.3) is 0 Å². The SMILES string of the molecule is COC(=O)NC1CC(C(=O)O)CN(C)C1. The molecule has 0 spiro atoms. The fourth-order valence-electron chi connectivity index (χ4n) is 1.83. The summed E-state index contributed by atoms with van der Waals surface area (Å²) in [5, 5.41) is 11.5. The number of alkyl carbamates (subject to hydrolysis) is 1. The Balaban J connectivity index is 2.51. The van der Waals surface area contributed by atoms with Crippen LogP contribution in [-0.4, -0.2) is 55.4 Å². The summed E-state index contributed by atoms with van der Waals surface area (Å²) in [6, 6.07) is -0.155. The van der Waals surface area contributed by atoms with E-state index in [0.717, 1.165) is 0 Å². The molecule has 0 saturated carbocycles. The summed E-state index contributed by atoms with van der Waals surface area (Å²) in [6.45, 7) is 1.17. The Kier molecular flexibility index (Phi) is 3.90. The second-order valence-electron chi connectivity index (χ2n) is 3.82. The summed E-state index contributed by atoms with van der Waals surface area (Å²) in [5.41, 5.74) is 0. The summed E-state index contributed by atoms with van der Waals surface area (Å²) >= 11 is 0. The minimum Gasteiger partial charge on any atom is -0.481 e. The van der Waals surface area contributed by atoms with E-state index in [0.29, 0.717) is 19.5 Å². The van der Waals surface area contributed by atoms with E-state index in [1.807, 2.05) is 11.9 Å². The van der Waals surface area contributed by atoms with E-state index < -0.39 is 18.0 Å². The van der Waals surface area contributed by atoms with Crippen LogP contribution in [0, 0.1) is 5.92 Å². The van der Waals surface area contributed by atoms with Crippen LogP contribution in [0.5, 0.6) is 0 Å². The molecule has 1 saturated heterocycles. The highest BCUT2D eigenvalue weighted by Gasteiger charge is 2.30. The molecule has 1 aliphatic heterocycles. The van der Waals surface area contributed by atoms with Gasteiger partial charge in [0.05, 0.1) is 13.0 Å². The number of carbonyl (C=O) groups excluding carboxylic acids is 1. The molecular formula is C9H16N2O4. The topological polar surface area (TPSA) is 78.9 Å². The Morgan fingerprint density at radius 1 is 1.47 bits per heavy atom. The van der Waals surface area contributed by atoms with Gasteiger partial charge >= 0.3 is 12.1 Å². The first-order chi connectivity index (χ1) is 7.02. The first kappa shape index (κ1) is 11.8. The predicted molar refractivity (Wildman–Crippen MR) is 52.6 cm³/mol. The van der Waals surface area contributed by atoms with Gasteiger partial charge < -0.3 is 20.1 Å². The third kappa shape index (κ3) is 3.39. The molecule has 0 bridgehead atoms. The highest BCUT2D eigenvalue weighted by Crippen LogP contribution is 2.15. The summed E-state index contributed by atoms with van der Waals surface area (Å²) in [4.78, 5) is 23.7. The van der Waals surface area contributed by atoms with Crippen LogP contribution in [0.3, 0.4) is 0 Å². The zero-order valence-corrected chi connectivity index (χ0v) is 8.90. The number of aliphatic carboxylic acids is 1. The predicted octanol–water partition coefficient (Wildman–Crippen LogP) is -0.253. The van der Waals surface area contributed by atoms with Crippen LogP contribution in [-0.2, 0) is 9.53 Å². The van der Waals surface area contributed by atoms with Crippen molar-refractivity contribution in [2.45, 2.75) is 12.5 Å². The average Bonchev–Trinajstić information content (AvgIpc) is 2.16. The third-order valence-electron chi connectivity index (χ3n) is 2.49. The number of amides is 1. The molecule has 2 atom stereocenters. The van der Waals surface area contributed by atoms with Crippen molar-refractivity contribution in [2.75, 3.05) is 27.2 Å². The van der Waals surface area contributed by atoms with Gasteiger partial charge in [-0.25, -0.2) is 4.79 Å². The summed E-state index contributed by atoms with van der Waals surface area (Å²) in [5.74, 6) is -1.25. The van der Waals surface area contributed by atoms with Gasteiger partial charge in [-0.1, -0.05) is 0 Å².